The lowest BCUT2D eigenvalue weighted by Gasteiger charge is -2.09. The summed E-state index contributed by atoms with van der Waals surface area (Å²) in [6.45, 7) is 0. The summed E-state index contributed by atoms with van der Waals surface area (Å²) < 4.78 is 4.97. The van der Waals surface area contributed by atoms with E-state index in [-0.39, 0.29) is 11.9 Å². The highest BCUT2D eigenvalue weighted by atomic mass is 16.5. The Bertz CT molecular complexity index is 910. The molecule has 27 heavy (non-hydrogen) atoms. The number of methoxy groups -OCH3 is 1. The number of carbonyl (C=O) groups is 2. The van der Waals surface area contributed by atoms with Crippen molar-refractivity contribution in [2.24, 2.45) is 0 Å². The van der Waals surface area contributed by atoms with Crippen LogP contribution >= 0.6 is 0 Å². The third kappa shape index (κ3) is 5.05. The third-order valence-corrected chi connectivity index (χ3v) is 3.64. The van der Waals surface area contributed by atoms with Gasteiger partial charge in [0, 0.05) is 29.3 Å². The Morgan fingerprint density at radius 2 is 1.37 bits per heavy atom. The lowest BCUT2D eigenvalue weighted by Crippen LogP contribution is -2.19. The molecule has 0 saturated carbocycles. The average Bonchev–Trinajstić information content (AvgIpc) is 2.70. The normalized spacial score (nSPS) is 9.96. The summed E-state index contributed by atoms with van der Waals surface area (Å²) in [7, 11) is 1.51. The largest absolute Gasteiger partial charge is 0.481 e. The van der Waals surface area contributed by atoms with Gasteiger partial charge in [0.15, 0.2) is 0 Å². The van der Waals surface area contributed by atoms with Gasteiger partial charge >= 0.3 is 6.03 Å². The van der Waals surface area contributed by atoms with E-state index in [2.05, 4.69) is 20.9 Å². The van der Waals surface area contributed by atoms with Crippen molar-refractivity contribution in [3.63, 3.8) is 0 Å². The van der Waals surface area contributed by atoms with Crippen LogP contribution in [0.2, 0.25) is 0 Å². The van der Waals surface area contributed by atoms with Crippen LogP contribution in [0.15, 0.2) is 72.9 Å². The first-order valence-corrected chi connectivity index (χ1v) is 8.18. The van der Waals surface area contributed by atoms with Crippen LogP contribution in [0.5, 0.6) is 5.88 Å². The number of nitrogens with one attached hydrogen (secondary N) is 3. The number of pyridine rings is 1. The first-order valence-electron chi connectivity index (χ1n) is 8.18. The number of ether oxygens (including phenoxy) is 1. The average molecular weight is 362 g/mol. The van der Waals surface area contributed by atoms with E-state index >= 15 is 0 Å². The zero-order chi connectivity index (χ0) is 19.1. The number of benzene rings is 2. The number of urea groups is 1. The number of amides is 3. The molecule has 1 aromatic heterocycles. The minimum atomic E-state index is -0.345. The molecule has 136 valence electrons. The second-order valence-corrected chi connectivity index (χ2v) is 5.57. The van der Waals surface area contributed by atoms with E-state index in [1.54, 1.807) is 48.5 Å². The maximum atomic E-state index is 12.2. The molecule has 1 heterocycles. The zero-order valence-corrected chi connectivity index (χ0v) is 14.6. The van der Waals surface area contributed by atoms with Crippen LogP contribution in [0.3, 0.4) is 0 Å². The molecule has 0 atom stereocenters. The minimum absolute atomic E-state index is 0.285. The predicted molar refractivity (Wildman–Crippen MR) is 104 cm³/mol. The van der Waals surface area contributed by atoms with Crippen molar-refractivity contribution >= 4 is 29.0 Å². The summed E-state index contributed by atoms with van der Waals surface area (Å²) in [5, 5.41) is 8.23. The second kappa shape index (κ2) is 8.48. The summed E-state index contributed by atoms with van der Waals surface area (Å²) in [6, 6.07) is 18.9. The molecule has 3 aromatic rings. The lowest BCUT2D eigenvalue weighted by atomic mass is 10.2. The van der Waals surface area contributed by atoms with Crippen molar-refractivity contribution < 1.29 is 14.3 Å². The molecular weight excluding hydrogens is 344 g/mol. The van der Waals surface area contributed by atoms with Gasteiger partial charge in [-0.3, -0.25) is 4.79 Å². The highest BCUT2D eigenvalue weighted by molar-refractivity contribution is 6.04. The molecule has 0 radical (unpaired) electrons. The summed E-state index contributed by atoms with van der Waals surface area (Å²) in [5.74, 6) is 0.156. The van der Waals surface area contributed by atoms with E-state index in [4.69, 9.17) is 4.74 Å². The van der Waals surface area contributed by atoms with Crippen LogP contribution in [0.4, 0.5) is 21.9 Å². The van der Waals surface area contributed by atoms with Gasteiger partial charge in [0.25, 0.3) is 5.91 Å². The Kier molecular flexibility index (Phi) is 5.64. The summed E-state index contributed by atoms with van der Waals surface area (Å²) in [4.78, 5) is 28.2. The fourth-order valence-electron chi connectivity index (χ4n) is 2.29. The number of nitrogens with zero attached hydrogens (tertiary/aromatic N) is 1. The molecule has 3 N–H and O–H groups in total. The number of para-hydroxylation sites is 1. The second-order valence-electron chi connectivity index (χ2n) is 5.57. The van der Waals surface area contributed by atoms with Crippen molar-refractivity contribution in [1.82, 2.24) is 4.98 Å². The van der Waals surface area contributed by atoms with Gasteiger partial charge in [-0.15, -0.1) is 0 Å². The number of aromatic nitrogens is 1. The molecule has 0 bridgehead atoms. The molecule has 0 aliphatic rings. The van der Waals surface area contributed by atoms with E-state index < -0.39 is 0 Å². The zero-order valence-electron chi connectivity index (χ0n) is 14.6. The van der Waals surface area contributed by atoms with Crippen molar-refractivity contribution in [3.8, 4) is 5.88 Å². The Morgan fingerprint density at radius 1 is 0.778 bits per heavy atom. The van der Waals surface area contributed by atoms with Gasteiger partial charge in [-0.05, 0) is 42.5 Å². The van der Waals surface area contributed by atoms with Crippen LogP contribution in [-0.2, 0) is 0 Å². The number of carbonyl (C=O) groups excluding carboxylic acids is 2. The molecule has 7 heteroatoms. The molecule has 0 saturated heterocycles. The first-order chi connectivity index (χ1) is 13.1. The maximum absolute atomic E-state index is 12.2. The van der Waals surface area contributed by atoms with Crippen molar-refractivity contribution in [2.75, 3.05) is 23.1 Å². The fourth-order valence-corrected chi connectivity index (χ4v) is 2.29. The predicted octanol–water partition coefficient (Wildman–Crippen LogP) is 3.99. The molecule has 0 aliphatic heterocycles. The van der Waals surface area contributed by atoms with Crippen LogP contribution < -0.4 is 20.7 Å². The van der Waals surface area contributed by atoms with Gasteiger partial charge in [0.2, 0.25) is 5.88 Å². The fraction of sp³-hybridized carbons (Fsp3) is 0.0500. The highest BCUT2D eigenvalue weighted by Gasteiger charge is 2.08. The van der Waals surface area contributed by atoms with Crippen LogP contribution in [0.1, 0.15) is 10.4 Å². The molecule has 3 rings (SSSR count). The molecule has 2 aromatic carbocycles. The Balaban J connectivity index is 1.56. The molecular formula is C20H18N4O3. The van der Waals surface area contributed by atoms with E-state index in [9.17, 15) is 9.59 Å². The Labute approximate surface area is 156 Å². The summed E-state index contributed by atoms with van der Waals surface area (Å²) in [5.41, 5.74) is 2.32. The third-order valence-electron chi connectivity index (χ3n) is 3.64. The highest BCUT2D eigenvalue weighted by Crippen LogP contribution is 2.16. The quantitative estimate of drug-likeness (QED) is 0.640. The number of hydrogen-bond acceptors (Lipinski definition) is 4. The lowest BCUT2D eigenvalue weighted by molar-refractivity contribution is 0.102. The van der Waals surface area contributed by atoms with Crippen molar-refractivity contribution in [1.29, 1.82) is 0 Å². The van der Waals surface area contributed by atoms with E-state index in [0.717, 1.165) is 0 Å². The molecule has 0 unspecified atom stereocenters. The molecule has 0 fully saturated rings. The van der Waals surface area contributed by atoms with Gasteiger partial charge in [0.1, 0.15) is 0 Å². The molecule has 3 amide bonds. The molecule has 0 aliphatic carbocycles. The topological polar surface area (TPSA) is 92.4 Å². The Hall–Kier alpha value is -3.87. The van der Waals surface area contributed by atoms with Crippen molar-refractivity contribution in [2.45, 2.75) is 0 Å². The molecule has 0 spiro atoms. The van der Waals surface area contributed by atoms with E-state index in [0.29, 0.717) is 28.5 Å². The summed E-state index contributed by atoms with van der Waals surface area (Å²) >= 11 is 0. The van der Waals surface area contributed by atoms with E-state index in [1.165, 1.54) is 13.3 Å². The summed E-state index contributed by atoms with van der Waals surface area (Å²) in [6.07, 6.45) is 1.44. The monoisotopic (exact) mass is 362 g/mol. The van der Waals surface area contributed by atoms with Crippen LogP contribution in [0, 0.1) is 0 Å². The maximum Gasteiger partial charge on any atom is 0.323 e. The van der Waals surface area contributed by atoms with Gasteiger partial charge in [0.05, 0.1) is 12.7 Å². The Morgan fingerprint density at radius 3 is 1.93 bits per heavy atom. The standard InChI is InChI=1S/C20H18N4O3/c1-27-18-12-7-14(13-21-18)19(25)22-16-8-10-17(11-9-16)24-20(26)23-15-5-3-2-4-6-15/h2-13H,1H3,(H,22,25)(H2,23,24,26). The minimum Gasteiger partial charge on any atom is -0.481 e. The van der Waals surface area contributed by atoms with Gasteiger partial charge in [-0.25, -0.2) is 9.78 Å². The van der Waals surface area contributed by atoms with Gasteiger partial charge < -0.3 is 20.7 Å². The number of hydrogen-bond donors (Lipinski definition) is 3. The smallest absolute Gasteiger partial charge is 0.323 e. The van der Waals surface area contributed by atoms with Crippen LogP contribution in [0.25, 0.3) is 0 Å². The number of anilines is 3. The SMILES string of the molecule is COc1ccc(C(=O)Nc2ccc(NC(=O)Nc3ccccc3)cc2)cn1. The van der Waals surface area contributed by atoms with E-state index in [1.807, 2.05) is 18.2 Å². The van der Waals surface area contributed by atoms with Gasteiger partial charge in [-0.2, -0.15) is 0 Å². The van der Waals surface area contributed by atoms with Crippen LogP contribution in [-0.4, -0.2) is 24.0 Å². The first kappa shape index (κ1) is 17.9. The van der Waals surface area contributed by atoms with Crippen molar-refractivity contribution in [3.05, 3.63) is 78.5 Å². The number of rotatable bonds is 5. The molecule has 7 nitrogen and oxygen atoms in total. The van der Waals surface area contributed by atoms with Gasteiger partial charge in [-0.1, -0.05) is 18.2 Å².